The van der Waals surface area contributed by atoms with E-state index in [1.165, 1.54) is 66.2 Å². The first-order valence-electron chi connectivity index (χ1n) is 14.2. The summed E-state index contributed by atoms with van der Waals surface area (Å²) in [4.78, 5) is 2.71. The molecular formula is C33H42N2O2Si. The SMILES string of the molecule is C[Si](C)(CCN1C[C@H]2CNC[C@H]2C1)c1ccc(/C(=C(/CCCO)c2ccccc2)c2ccc(O)cc2)cc1. The highest BCUT2D eigenvalue weighted by molar-refractivity contribution is 6.89. The van der Waals surface area contributed by atoms with Crippen molar-refractivity contribution in [3.63, 3.8) is 0 Å². The number of likely N-dealkylation sites (tertiary alicyclic amines) is 1. The second-order valence-electron chi connectivity index (χ2n) is 11.7. The van der Waals surface area contributed by atoms with Gasteiger partial charge in [-0.15, -0.1) is 0 Å². The Labute approximate surface area is 229 Å². The summed E-state index contributed by atoms with van der Waals surface area (Å²) in [5, 5.41) is 24.7. The maximum absolute atomic E-state index is 9.96. The molecule has 3 N–H and O–H groups in total. The molecule has 4 nitrogen and oxygen atoms in total. The number of aliphatic hydroxyl groups excluding tert-OH is 1. The Morgan fingerprint density at radius 2 is 1.45 bits per heavy atom. The average Bonchev–Trinajstić information content (AvgIpc) is 3.54. The number of phenolic OH excluding ortho intramolecular Hbond substituents is 1. The molecular weight excluding hydrogens is 484 g/mol. The zero-order valence-electron chi connectivity index (χ0n) is 22.9. The van der Waals surface area contributed by atoms with Crippen molar-refractivity contribution in [1.82, 2.24) is 10.2 Å². The summed E-state index contributed by atoms with van der Waals surface area (Å²) in [5.74, 6) is 1.98. The van der Waals surface area contributed by atoms with Gasteiger partial charge in [0.1, 0.15) is 5.75 Å². The fraction of sp³-hybridized carbons (Fsp3) is 0.394. The van der Waals surface area contributed by atoms with E-state index in [1.807, 2.05) is 18.2 Å². The largest absolute Gasteiger partial charge is 0.508 e. The Bertz CT molecular complexity index is 1210. The van der Waals surface area contributed by atoms with Crippen LogP contribution in [0.5, 0.6) is 5.75 Å². The molecule has 0 amide bonds. The van der Waals surface area contributed by atoms with Gasteiger partial charge in [-0.2, -0.15) is 0 Å². The van der Waals surface area contributed by atoms with Gasteiger partial charge >= 0.3 is 0 Å². The van der Waals surface area contributed by atoms with Gasteiger partial charge in [0.15, 0.2) is 0 Å². The molecule has 0 spiro atoms. The van der Waals surface area contributed by atoms with E-state index >= 15 is 0 Å². The van der Waals surface area contributed by atoms with Crippen LogP contribution in [0.25, 0.3) is 11.1 Å². The summed E-state index contributed by atoms with van der Waals surface area (Å²) < 4.78 is 0. The molecule has 0 unspecified atom stereocenters. The monoisotopic (exact) mass is 526 g/mol. The van der Waals surface area contributed by atoms with Crippen molar-refractivity contribution in [2.75, 3.05) is 39.3 Å². The summed E-state index contributed by atoms with van der Waals surface area (Å²) in [6.07, 6.45) is 1.49. The molecule has 2 aliphatic heterocycles. The minimum Gasteiger partial charge on any atom is -0.508 e. The predicted molar refractivity (Wildman–Crippen MR) is 161 cm³/mol. The zero-order valence-corrected chi connectivity index (χ0v) is 23.9. The van der Waals surface area contributed by atoms with E-state index in [4.69, 9.17) is 0 Å². The number of benzene rings is 3. The molecule has 5 rings (SSSR count). The van der Waals surface area contributed by atoms with Crippen molar-refractivity contribution in [2.45, 2.75) is 32.0 Å². The van der Waals surface area contributed by atoms with Crippen LogP contribution in [0.15, 0.2) is 78.9 Å². The number of phenols is 1. The lowest BCUT2D eigenvalue weighted by Gasteiger charge is -2.27. The van der Waals surface area contributed by atoms with E-state index in [1.54, 1.807) is 12.1 Å². The quantitative estimate of drug-likeness (QED) is 0.251. The maximum atomic E-state index is 9.96. The van der Waals surface area contributed by atoms with E-state index in [2.05, 4.69) is 71.8 Å². The van der Waals surface area contributed by atoms with Crippen molar-refractivity contribution >= 4 is 24.4 Å². The number of nitrogens with zero attached hydrogens (tertiary/aromatic N) is 1. The third-order valence-corrected chi connectivity index (χ3v) is 12.0. The first kappa shape index (κ1) is 26.9. The summed E-state index contributed by atoms with van der Waals surface area (Å²) in [5.41, 5.74) is 5.84. The predicted octanol–water partition coefficient (Wildman–Crippen LogP) is 5.19. The molecule has 3 aromatic rings. The molecule has 3 aromatic carbocycles. The van der Waals surface area contributed by atoms with Gasteiger partial charge in [-0.1, -0.05) is 85.0 Å². The van der Waals surface area contributed by atoms with Gasteiger partial charge in [-0.05, 0) is 90.3 Å². The minimum absolute atomic E-state index is 0.160. The molecule has 5 heteroatoms. The molecule has 200 valence electrons. The van der Waals surface area contributed by atoms with Crippen LogP contribution in [0.2, 0.25) is 19.1 Å². The highest BCUT2D eigenvalue weighted by Gasteiger charge is 2.36. The molecule has 0 radical (unpaired) electrons. The van der Waals surface area contributed by atoms with Crippen LogP contribution in [-0.2, 0) is 0 Å². The van der Waals surface area contributed by atoms with Gasteiger partial charge in [0.25, 0.3) is 0 Å². The van der Waals surface area contributed by atoms with Crippen LogP contribution in [0, 0.1) is 11.8 Å². The van der Waals surface area contributed by atoms with Gasteiger partial charge in [0, 0.05) is 19.7 Å². The number of fused-ring (bicyclic) bond motifs is 1. The third-order valence-electron chi connectivity index (χ3n) is 8.64. The lowest BCUT2D eigenvalue weighted by atomic mass is 9.87. The van der Waals surface area contributed by atoms with Gasteiger partial charge in [-0.3, -0.25) is 0 Å². The number of hydrogen-bond acceptors (Lipinski definition) is 4. The molecule has 2 aliphatic rings. The summed E-state index contributed by atoms with van der Waals surface area (Å²) >= 11 is 0. The first-order valence-corrected chi connectivity index (χ1v) is 17.4. The molecule has 38 heavy (non-hydrogen) atoms. The number of rotatable bonds is 10. The minimum atomic E-state index is -1.58. The number of nitrogens with one attached hydrogen (secondary N) is 1. The molecule has 0 aliphatic carbocycles. The van der Waals surface area contributed by atoms with Crippen LogP contribution in [-0.4, -0.2) is 62.5 Å². The molecule has 2 saturated heterocycles. The van der Waals surface area contributed by atoms with E-state index < -0.39 is 8.07 Å². The van der Waals surface area contributed by atoms with Crippen molar-refractivity contribution in [3.8, 4) is 5.75 Å². The number of allylic oxidation sites excluding steroid dienone is 1. The second-order valence-corrected chi connectivity index (χ2v) is 16.6. The molecule has 0 bridgehead atoms. The third kappa shape index (κ3) is 6.13. The highest BCUT2D eigenvalue weighted by Crippen LogP contribution is 2.36. The highest BCUT2D eigenvalue weighted by atomic mass is 28.3. The summed E-state index contributed by atoms with van der Waals surface area (Å²) in [7, 11) is -1.58. The van der Waals surface area contributed by atoms with Crippen LogP contribution < -0.4 is 10.5 Å². The normalized spacial score (nSPS) is 20.4. The Balaban J connectivity index is 1.43. The number of aromatic hydroxyl groups is 1. The standard InChI is InChI=1S/C33H42N2O2Si/c1-38(2,20-18-35-23-28-21-34-22-29(28)24-35)31-16-12-27(13-17-31)33(26-10-14-30(37)15-11-26)32(9-6-19-36)25-7-4-3-5-8-25/h3-5,7-8,10-17,28-29,34,36-37H,6,9,18-24H2,1-2H3/b33-32-/t28-,29+. The summed E-state index contributed by atoms with van der Waals surface area (Å²) in [6.45, 7) is 11.3. The Morgan fingerprint density at radius 1 is 0.842 bits per heavy atom. The van der Waals surface area contributed by atoms with Crippen LogP contribution in [0.3, 0.4) is 0 Å². The molecule has 2 atom stereocenters. The van der Waals surface area contributed by atoms with Crippen molar-refractivity contribution in [2.24, 2.45) is 11.8 Å². The molecule has 0 saturated carbocycles. The van der Waals surface area contributed by atoms with Crippen LogP contribution in [0.4, 0.5) is 0 Å². The van der Waals surface area contributed by atoms with Gasteiger partial charge < -0.3 is 20.4 Å². The average molecular weight is 527 g/mol. The fourth-order valence-corrected chi connectivity index (χ4v) is 8.49. The lowest BCUT2D eigenvalue weighted by molar-refractivity contribution is 0.290. The Morgan fingerprint density at radius 3 is 2.05 bits per heavy atom. The molecule has 2 heterocycles. The van der Waals surface area contributed by atoms with Crippen molar-refractivity contribution < 1.29 is 10.2 Å². The van der Waals surface area contributed by atoms with Gasteiger partial charge in [0.05, 0.1) is 8.07 Å². The van der Waals surface area contributed by atoms with Crippen molar-refractivity contribution in [1.29, 1.82) is 0 Å². The molecule has 2 fully saturated rings. The topological polar surface area (TPSA) is 55.7 Å². The fourth-order valence-electron chi connectivity index (χ4n) is 6.26. The maximum Gasteiger partial charge on any atom is 0.115 e. The van der Waals surface area contributed by atoms with Crippen LogP contribution in [0.1, 0.15) is 29.5 Å². The Hall–Kier alpha value is -2.70. The smallest absolute Gasteiger partial charge is 0.115 e. The number of hydrogen-bond donors (Lipinski definition) is 3. The molecule has 0 aromatic heterocycles. The van der Waals surface area contributed by atoms with Crippen molar-refractivity contribution in [3.05, 3.63) is 95.6 Å². The zero-order chi connectivity index (χ0) is 26.5. The van der Waals surface area contributed by atoms with Crippen LogP contribution >= 0.6 is 0 Å². The Kier molecular flexibility index (Phi) is 8.49. The first-order chi connectivity index (χ1) is 18.4. The lowest BCUT2D eigenvalue weighted by Crippen LogP contribution is -2.44. The summed E-state index contributed by atoms with van der Waals surface area (Å²) in [6, 6.07) is 28.6. The second kappa shape index (κ2) is 12.0. The van der Waals surface area contributed by atoms with Gasteiger partial charge in [0.2, 0.25) is 0 Å². The number of aliphatic hydroxyl groups is 1. The van der Waals surface area contributed by atoms with E-state index in [0.29, 0.717) is 6.42 Å². The van der Waals surface area contributed by atoms with E-state index in [9.17, 15) is 10.2 Å². The van der Waals surface area contributed by atoms with E-state index in [0.717, 1.165) is 23.8 Å². The van der Waals surface area contributed by atoms with E-state index in [-0.39, 0.29) is 12.4 Å². The van der Waals surface area contributed by atoms with Gasteiger partial charge in [-0.25, -0.2) is 0 Å².